The third-order valence-corrected chi connectivity index (χ3v) is 3.84. The second kappa shape index (κ2) is 5.99. The summed E-state index contributed by atoms with van der Waals surface area (Å²) in [7, 11) is 0. The number of nitrogens with two attached hydrogens (primary N) is 1. The van der Waals surface area contributed by atoms with Crippen molar-refractivity contribution in [3.63, 3.8) is 0 Å². The first-order valence-electron chi connectivity index (χ1n) is 6.09. The van der Waals surface area contributed by atoms with Gasteiger partial charge in [0.05, 0.1) is 18.5 Å². The van der Waals surface area contributed by atoms with Gasteiger partial charge in [-0.1, -0.05) is 6.92 Å². The lowest BCUT2D eigenvalue weighted by atomic mass is 10.0. The third kappa shape index (κ3) is 3.42. The van der Waals surface area contributed by atoms with Crippen LogP contribution in [-0.2, 0) is 11.3 Å². The summed E-state index contributed by atoms with van der Waals surface area (Å²) in [6.45, 7) is 4.05. The molecule has 2 aromatic rings. The van der Waals surface area contributed by atoms with Gasteiger partial charge in [0.1, 0.15) is 0 Å². The first kappa shape index (κ1) is 13.8. The first-order valence-corrected chi connectivity index (χ1v) is 6.97. The van der Waals surface area contributed by atoms with Gasteiger partial charge in [-0.25, -0.2) is 4.98 Å². The van der Waals surface area contributed by atoms with Crippen LogP contribution in [0.3, 0.4) is 0 Å². The van der Waals surface area contributed by atoms with Crippen molar-refractivity contribution in [2.75, 3.05) is 0 Å². The Morgan fingerprint density at radius 1 is 1.58 bits per heavy atom. The minimum absolute atomic E-state index is 0.0532. The fourth-order valence-electron chi connectivity index (χ4n) is 1.48. The zero-order valence-corrected chi connectivity index (χ0v) is 11.7. The highest BCUT2D eigenvalue weighted by molar-refractivity contribution is 7.13. The van der Waals surface area contributed by atoms with Crippen LogP contribution in [0.1, 0.15) is 19.5 Å². The van der Waals surface area contributed by atoms with E-state index in [4.69, 9.17) is 10.2 Å². The van der Waals surface area contributed by atoms with E-state index in [1.807, 2.05) is 31.4 Å². The number of carbonyl (C=O) groups excluding carboxylic acids is 1. The Labute approximate surface area is 115 Å². The fraction of sp³-hybridized carbons (Fsp3) is 0.385. The van der Waals surface area contributed by atoms with Crippen LogP contribution in [0.4, 0.5) is 0 Å². The summed E-state index contributed by atoms with van der Waals surface area (Å²) in [5.41, 5.74) is 6.51. The van der Waals surface area contributed by atoms with Crippen molar-refractivity contribution in [3.05, 3.63) is 29.5 Å². The van der Waals surface area contributed by atoms with Crippen molar-refractivity contribution < 1.29 is 9.21 Å². The molecule has 2 heterocycles. The Bertz CT molecular complexity index is 534. The molecule has 6 heteroatoms. The van der Waals surface area contributed by atoms with E-state index >= 15 is 0 Å². The van der Waals surface area contributed by atoms with Crippen molar-refractivity contribution in [3.8, 4) is 10.8 Å². The van der Waals surface area contributed by atoms with Crippen molar-refractivity contribution in [1.82, 2.24) is 10.3 Å². The second-order valence-corrected chi connectivity index (χ2v) is 5.34. The van der Waals surface area contributed by atoms with Crippen molar-refractivity contribution in [1.29, 1.82) is 0 Å². The number of hydrogen-bond donors (Lipinski definition) is 2. The maximum Gasteiger partial charge on any atom is 0.224 e. The van der Waals surface area contributed by atoms with Gasteiger partial charge in [-0.05, 0) is 19.1 Å². The Balaban J connectivity index is 1.92. The molecule has 0 aliphatic carbocycles. The van der Waals surface area contributed by atoms with Gasteiger partial charge in [0.15, 0.2) is 10.8 Å². The standard InChI is InChI=1S/C13H17N3O2S/c1-8(9(2)14)12(17)15-6-10-7-19-13(16-10)11-4-3-5-18-11/h3-5,7-9H,6,14H2,1-2H3,(H,15,17). The number of furan rings is 1. The third-order valence-electron chi connectivity index (χ3n) is 2.93. The molecular weight excluding hydrogens is 262 g/mol. The van der Waals surface area contributed by atoms with E-state index in [0.29, 0.717) is 6.54 Å². The van der Waals surface area contributed by atoms with Gasteiger partial charge in [-0.3, -0.25) is 4.79 Å². The van der Waals surface area contributed by atoms with Crippen LogP contribution in [0, 0.1) is 5.92 Å². The van der Waals surface area contributed by atoms with Gasteiger partial charge >= 0.3 is 0 Å². The summed E-state index contributed by atoms with van der Waals surface area (Å²) in [6, 6.07) is 3.52. The summed E-state index contributed by atoms with van der Waals surface area (Å²) >= 11 is 1.49. The Hall–Kier alpha value is -1.66. The molecule has 1 amide bonds. The molecule has 19 heavy (non-hydrogen) atoms. The highest BCUT2D eigenvalue weighted by Crippen LogP contribution is 2.23. The number of nitrogens with one attached hydrogen (secondary N) is 1. The van der Waals surface area contributed by atoms with Crippen LogP contribution in [-0.4, -0.2) is 16.9 Å². The maximum atomic E-state index is 11.8. The van der Waals surface area contributed by atoms with E-state index in [0.717, 1.165) is 16.5 Å². The molecule has 0 aliphatic rings. The monoisotopic (exact) mass is 279 g/mol. The molecule has 0 saturated carbocycles. The number of thiazole rings is 1. The Morgan fingerprint density at radius 2 is 2.37 bits per heavy atom. The molecule has 2 unspecified atom stereocenters. The molecule has 0 radical (unpaired) electrons. The Morgan fingerprint density at radius 3 is 3.00 bits per heavy atom. The van der Waals surface area contributed by atoms with Gasteiger partial charge in [0.25, 0.3) is 0 Å². The minimum atomic E-state index is -0.205. The molecule has 0 aromatic carbocycles. The van der Waals surface area contributed by atoms with E-state index < -0.39 is 0 Å². The summed E-state index contributed by atoms with van der Waals surface area (Å²) in [6.07, 6.45) is 1.61. The predicted molar refractivity (Wildman–Crippen MR) is 74.5 cm³/mol. The summed E-state index contributed by atoms with van der Waals surface area (Å²) in [5, 5.41) is 5.56. The summed E-state index contributed by atoms with van der Waals surface area (Å²) in [5.74, 6) is 0.484. The van der Waals surface area contributed by atoms with Crippen LogP contribution in [0.5, 0.6) is 0 Å². The molecule has 0 aliphatic heterocycles. The lowest BCUT2D eigenvalue weighted by Gasteiger charge is -2.14. The number of carbonyl (C=O) groups is 1. The van der Waals surface area contributed by atoms with E-state index in [2.05, 4.69) is 10.3 Å². The number of aromatic nitrogens is 1. The highest BCUT2D eigenvalue weighted by atomic mass is 32.1. The van der Waals surface area contributed by atoms with E-state index in [1.165, 1.54) is 11.3 Å². The lowest BCUT2D eigenvalue weighted by molar-refractivity contribution is -0.125. The smallest absolute Gasteiger partial charge is 0.224 e. The van der Waals surface area contributed by atoms with Gasteiger partial charge in [0.2, 0.25) is 5.91 Å². The second-order valence-electron chi connectivity index (χ2n) is 4.49. The molecule has 2 rings (SSSR count). The van der Waals surface area contributed by atoms with Crippen molar-refractivity contribution in [2.24, 2.45) is 11.7 Å². The highest BCUT2D eigenvalue weighted by Gasteiger charge is 2.17. The number of nitrogens with zero attached hydrogens (tertiary/aromatic N) is 1. The Kier molecular flexibility index (Phi) is 4.34. The topological polar surface area (TPSA) is 81.2 Å². The largest absolute Gasteiger partial charge is 0.462 e. The quantitative estimate of drug-likeness (QED) is 0.877. The molecule has 0 spiro atoms. The number of amides is 1. The van der Waals surface area contributed by atoms with E-state index in [9.17, 15) is 4.79 Å². The summed E-state index contributed by atoms with van der Waals surface area (Å²) < 4.78 is 5.27. The zero-order chi connectivity index (χ0) is 13.8. The minimum Gasteiger partial charge on any atom is -0.462 e. The van der Waals surface area contributed by atoms with Crippen LogP contribution >= 0.6 is 11.3 Å². The van der Waals surface area contributed by atoms with Gasteiger partial charge in [-0.2, -0.15) is 0 Å². The molecule has 0 bridgehead atoms. The SMILES string of the molecule is CC(N)C(C)C(=O)NCc1csc(-c2ccco2)n1. The number of hydrogen-bond acceptors (Lipinski definition) is 5. The summed E-state index contributed by atoms with van der Waals surface area (Å²) in [4.78, 5) is 16.2. The molecule has 3 N–H and O–H groups in total. The van der Waals surface area contributed by atoms with Crippen LogP contribution in [0.15, 0.2) is 28.2 Å². The van der Waals surface area contributed by atoms with Crippen LogP contribution in [0.2, 0.25) is 0 Å². The van der Waals surface area contributed by atoms with Crippen molar-refractivity contribution >= 4 is 17.2 Å². The average Bonchev–Trinajstić information content (AvgIpc) is 3.04. The molecule has 2 atom stereocenters. The maximum absolute atomic E-state index is 11.8. The molecule has 0 fully saturated rings. The molecule has 2 aromatic heterocycles. The molecule has 102 valence electrons. The zero-order valence-electron chi connectivity index (χ0n) is 10.9. The lowest BCUT2D eigenvalue weighted by Crippen LogP contribution is -2.38. The van der Waals surface area contributed by atoms with Crippen LogP contribution in [0.25, 0.3) is 10.8 Å². The molecular formula is C13H17N3O2S. The van der Waals surface area contributed by atoms with E-state index in [1.54, 1.807) is 6.26 Å². The predicted octanol–water partition coefficient (Wildman–Crippen LogP) is 2.00. The number of rotatable bonds is 5. The van der Waals surface area contributed by atoms with Gasteiger partial charge < -0.3 is 15.5 Å². The average molecular weight is 279 g/mol. The normalized spacial score (nSPS) is 14.1. The van der Waals surface area contributed by atoms with E-state index in [-0.39, 0.29) is 17.9 Å². The van der Waals surface area contributed by atoms with Crippen molar-refractivity contribution in [2.45, 2.75) is 26.4 Å². The van der Waals surface area contributed by atoms with Gasteiger partial charge in [-0.15, -0.1) is 11.3 Å². The van der Waals surface area contributed by atoms with Gasteiger partial charge in [0, 0.05) is 17.3 Å². The first-order chi connectivity index (χ1) is 9.08. The molecule has 0 saturated heterocycles. The van der Waals surface area contributed by atoms with Crippen LogP contribution < -0.4 is 11.1 Å². The fourth-order valence-corrected chi connectivity index (χ4v) is 2.26. The molecule has 5 nitrogen and oxygen atoms in total.